The molecule has 1 unspecified atom stereocenters. The molecule has 0 heterocycles. The number of carbonyl (C=O) groups is 1. The second kappa shape index (κ2) is 13.2. The predicted octanol–water partition coefficient (Wildman–Crippen LogP) is 2.39. The summed E-state index contributed by atoms with van der Waals surface area (Å²) in [6.07, 6.45) is -0.629. The van der Waals surface area contributed by atoms with E-state index in [1.807, 2.05) is 69.3 Å². The zero-order valence-electron chi connectivity index (χ0n) is 19.2. The molecule has 0 aromatic heterocycles. The minimum absolute atomic E-state index is 0.0250. The molecule has 0 aliphatic rings. The lowest BCUT2D eigenvalue weighted by atomic mass is 10.1. The summed E-state index contributed by atoms with van der Waals surface area (Å²) in [4.78, 5) is 16.5. The summed E-state index contributed by atoms with van der Waals surface area (Å²) in [5.41, 5.74) is 1.74. The normalized spacial score (nSPS) is 12.2. The third kappa shape index (κ3) is 8.85. The topological polar surface area (TPSA) is 104 Å². The Morgan fingerprint density at radius 3 is 2.25 bits per heavy atom. The van der Waals surface area contributed by atoms with E-state index in [0.29, 0.717) is 19.0 Å². The van der Waals surface area contributed by atoms with Crippen molar-refractivity contribution in [3.05, 3.63) is 59.7 Å². The number of aliphatic hydroxyl groups is 1. The first-order valence-electron chi connectivity index (χ1n) is 10.8. The van der Waals surface area contributed by atoms with Gasteiger partial charge in [0.1, 0.15) is 18.0 Å². The fraction of sp³-hybridized carbons (Fsp3) is 0.417. The fourth-order valence-corrected chi connectivity index (χ4v) is 2.84. The maximum absolute atomic E-state index is 12.2. The summed E-state index contributed by atoms with van der Waals surface area (Å²) in [7, 11) is 1.61. The van der Waals surface area contributed by atoms with Gasteiger partial charge < -0.3 is 30.5 Å². The van der Waals surface area contributed by atoms with Crippen LogP contribution in [-0.4, -0.2) is 49.8 Å². The van der Waals surface area contributed by atoms with Gasteiger partial charge in [-0.2, -0.15) is 0 Å². The van der Waals surface area contributed by atoms with Gasteiger partial charge in [0.15, 0.2) is 5.96 Å². The van der Waals surface area contributed by atoms with Crippen LogP contribution in [0.25, 0.3) is 0 Å². The van der Waals surface area contributed by atoms with E-state index < -0.39 is 6.10 Å². The van der Waals surface area contributed by atoms with Crippen molar-refractivity contribution in [2.75, 3.05) is 26.7 Å². The molecule has 0 bridgehead atoms. The molecule has 1 amide bonds. The van der Waals surface area contributed by atoms with E-state index in [-0.39, 0.29) is 25.1 Å². The predicted molar refractivity (Wildman–Crippen MR) is 126 cm³/mol. The number of ether oxygens (including phenoxy) is 2. The Morgan fingerprint density at radius 1 is 1.00 bits per heavy atom. The van der Waals surface area contributed by atoms with E-state index in [2.05, 4.69) is 20.9 Å². The average Bonchev–Trinajstić information content (AvgIpc) is 2.79. The Kier molecular flexibility index (Phi) is 10.3. The van der Waals surface area contributed by atoms with Gasteiger partial charge >= 0.3 is 0 Å². The average molecular weight is 443 g/mol. The van der Waals surface area contributed by atoms with Crippen LogP contribution in [-0.2, 0) is 11.3 Å². The number of hydrogen-bond donors (Lipinski definition) is 4. The Balaban J connectivity index is 1.82. The molecule has 0 radical (unpaired) electrons. The lowest BCUT2D eigenvalue weighted by molar-refractivity contribution is -0.119. The molecular formula is C24H34N4O4. The van der Waals surface area contributed by atoms with Crippen LogP contribution in [0.2, 0.25) is 0 Å². The van der Waals surface area contributed by atoms with Gasteiger partial charge in [0.2, 0.25) is 5.91 Å². The Bertz CT molecular complexity index is 851. The summed E-state index contributed by atoms with van der Waals surface area (Å²) in [6, 6.07) is 14.8. The van der Waals surface area contributed by atoms with E-state index in [9.17, 15) is 9.90 Å². The van der Waals surface area contributed by atoms with Gasteiger partial charge in [-0.25, -0.2) is 4.99 Å². The lowest BCUT2D eigenvalue weighted by Crippen LogP contribution is -2.40. The van der Waals surface area contributed by atoms with Gasteiger partial charge in [-0.05, 0) is 56.2 Å². The van der Waals surface area contributed by atoms with Crippen LogP contribution in [0.1, 0.15) is 38.0 Å². The Morgan fingerprint density at radius 2 is 1.66 bits per heavy atom. The lowest BCUT2D eigenvalue weighted by Gasteiger charge is -2.16. The van der Waals surface area contributed by atoms with E-state index in [1.165, 1.54) is 0 Å². The van der Waals surface area contributed by atoms with E-state index >= 15 is 0 Å². The first-order chi connectivity index (χ1) is 15.4. The molecule has 174 valence electrons. The maximum atomic E-state index is 12.2. The summed E-state index contributed by atoms with van der Waals surface area (Å²) in [6.45, 7) is 7.15. The molecule has 8 heteroatoms. The van der Waals surface area contributed by atoms with Crippen LogP contribution in [0.15, 0.2) is 53.5 Å². The molecule has 32 heavy (non-hydrogen) atoms. The van der Waals surface area contributed by atoms with Gasteiger partial charge in [-0.3, -0.25) is 4.79 Å². The van der Waals surface area contributed by atoms with Crippen LogP contribution < -0.4 is 25.4 Å². The van der Waals surface area contributed by atoms with Crippen molar-refractivity contribution in [3.8, 4) is 11.5 Å². The first-order valence-corrected chi connectivity index (χ1v) is 10.8. The van der Waals surface area contributed by atoms with Gasteiger partial charge in [0.25, 0.3) is 0 Å². The van der Waals surface area contributed by atoms with Crippen molar-refractivity contribution < 1.29 is 19.4 Å². The van der Waals surface area contributed by atoms with Crippen molar-refractivity contribution >= 4 is 11.9 Å². The van der Waals surface area contributed by atoms with Crippen LogP contribution in [0, 0.1) is 0 Å². The fourth-order valence-electron chi connectivity index (χ4n) is 2.84. The van der Waals surface area contributed by atoms with Gasteiger partial charge in [0, 0.05) is 19.6 Å². The standard InChI is InChI=1S/C24H34N4O4/c1-5-25-24(27-15-22(29)19-8-12-21(13-9-19)32-17(2)3)28-16-23(30)26-14-18-6-10-20(31-4)11-7-18/h6-13,17,22,29H,5,14-16H2,1-4H3,(H,26,30)(H2,25,27,28). The van der Waals surface area contributed by atoms with Crippen LogP contribution in [0.3, 0.4) is 0 Å². The molecule has 0 saturated heterocycles. The number of nitrogens with one attached hydrogen (secondary N) is 3. The highest BCUT2D eigenvalue weighted by Gasteiger charge is 2.10. The van der Waals surface area contributed by atoms with Crippen molar-refractivity contribution in [2.45, 2.75) is 39.5 Å². The maximum Gasteiger partial charge on any atom is 0.242 e. The van der Waals surface area contributed by atoms with Crippen molar-refractivity contribution in [1.29, 1.82) is 0 Å². The van der Waals surface area contributed by atoms with E-state index in [4.69, 9.17) is 9.47 Å². The van der Waals surface area contributed by atoms with Gasteiger partial charge in [-0.1, -0.05) is 24.3 Å². The Hall–Kier alpha value is -3.26. The number of rotatable bonds is 11. The highest BCUT2D eigenvalue weighted by molar-refractivity contribution is 5.84. The summed E-state index contributed by atoms with van der Waals surface area (Å²) < 4.78 is 10.7. The van der Waals surface area contributed by atoms with Crippen molar-refractivity contribution in [2.24, 2.45) is 4.99 Å². The quantitative estimate of drug-likeness (QED) is 0.315. The molecule has 2 rings (SSSR count). The molecular weight excluding hydrogens is 408 g/mol. The smallest absolute Gasteiger partial charge is 0.242 e. The molecule has 2 aromatic rings. The third-order valence-corrected chi connectivity index (χ3v) is 4.47. The largest absolute Gasteiger partial charge is 0.497 e. The summed E-state index contributed by atoms with van der Waals surface area (Å²) in [5.74, 6) is 1.80. The SMILES string of the molecule is CCNC(=NCC(=O)NCc1ccc(OC)cc1)NCC(O)c1ccc(OC(C)C)cc1. The second-order valence-electron chi connectivity index (χ2n) is 7.45. The zero-order valence-corrected chi connectivity index (χ0v) is 19.2. The number of carbonyl (C=O) groups excluding carboxylic acids is 1. The van der Waals surface area contributed by atoms with Crippen LogP contribution in [0.5, 0.6) is 11.5 Å². The highest BCUT2D eigenvalue weighted by Crippen LogP contribution is 2.18. The molecule has 0 aliphatic heterocycles. The number of aliphatic hydroxyl groups excluding tert-OH is 1. The van der Waals surface area contributed by atoms with Gasteiger partial charge in [-0.15, -0.1) is 0 Å². The number of amides is 1. The molecule has 8 nitrogen and oxygen atoms in total. The minimum Gasteiger partial charge on any atom is -0.497 e. The number of guanidine groups is 1. The second-order valence-corrected chi connectivity index (χ2v) is 7.45. The molecule has 0 spiro atoms. The number of aliphatic imine (C=N–C) groups is 1. The molecule has 2 aromatic carbocycles. The monoisotopic (exact) mass is 442 g/mol. The highest BCUT2D eigenvalue weighted by atomic mass is 16.5. The Labute approximate surface area is 190 Å². The minimum atomic E-state index is -0.726. The number of hydrogen-bond acceptors (Lipinski definition) is 5. The van der Waals surface area contributed by atoms with Crippen molar-refractivity contribution in [1.82, 2.24) is 16.0 Å². The summed E-state index contributed by atoms with van der Waals surface area (Å²) >= 11 is 0. The van der Waals surface area contributed by atoms with Gasteiger partial charge in [0.05, 0.1) is 19.3 Å². The number of nitrogens with zero attached hydrogens (tertiary/aromatic N) is 1. The van der Waals surface area contributed by atoms with E-state index in [1.54, 1.807) is 7.11 Å². The molecule has 4 N–H and O–H groups in total. The zero-order chi connectivity index (χ0) is 23.3. The van der Waals surface area contributed by atoms with E-state index in [0.717, 1.165) is 22.6 Å². The van der Waals surface area contributed by atoms with Crippen LogP contribution >= 0.6 is 0 Å². The summed E-state index contributed by atoms with van der Waals surface area (Å²) in [5, 5.41) is 19.4. The number of benzene rings is 2. The van der Waals surface area contributed by atoms with Crippen LogP contribution in [0.4, 0.5) is 0 Å². The molecule has 0 saturated carbocycles. The number of methoxy groups -OCH3 is 1. The molecule has 1 atom stereocenters. The molecule has 0 aliphatic carbocycles. The van der Waals surface area contributed by atoms with Crippen molar-refractivity contribution in [3.63, 3.8) is 0 Å². The third-order valence-electron chi connectivity index (χ3n) is 4.47. The first kappa shape index (κ1) is 25.0. The molecule has 0 fully saturated rings.